The van der Waals surface area contributed by atoms with Crippen LogP contribution in [0.4, 0.5) is 0 Å². The minimum atomic E-state index is 0.553. The summed E-state index contributed by atoms with van der Waals surface area (Å²) in [5.74, 6) is 1.76. The molecule has 68 heavy (non-hydrogen) atoms. The Kier molecular flexibility index (Phi) is 8.52. The number of benzene rings is 11. The minimum absolute atomic E-state index is 0.553. The molecule has 0 saturated carbocycles. The standard InChI is InChI=1S/C63H39N5/c1-3-17-40(18-4-1)42-21-15-23-44(37-42)61-64-62(45-24-16-22-43(38-45)41-19-5-2-6-20-41)66-63(65-61)68-57-32-14-12-30-54(57)59-58(68)36-35-53-52-29-11-13-31-56(52)67(60(53)59)46-33-34-51-49-27-8-7-25-47(49)48-26-9-10-28-50(48)55(51)39-46/h1-39H. The highest BCUT2D eigenvalue weighted by atomic mass is 15.2. The molecule has 3 aromatic heterocycles. The van der Waals surface area contributed by atoms with Gasteiger partial charge in [-0.3, -0.25) is 4.57 Å². The highest BCUT2D eigenvalue weighted by Crippen LogP contribution is 2.44. The lowest BCUT2D eigenvalue weighted by molar-refractivity contribution is 0.953. The molecule has 11 aromatic carbocycles. The number of fused-ring (bicyclic) bond motifs is 13. The molecule has 0 aliphatic heterocycles. The SMILES string of the molecule is c1ccc(-c2cccc(-c3nc(-c4cccc(-c5ccccc5)c4)nc(-n4c5ccccc5c5c4ccc4c6ccccc6n(-c6ccc7c8ccccc8c8ccccc8c7c6)c45)n3)c2)cc1. The molecule has 0 spiro atoms. The highest BCUT2D eigenvalue weighted by Gasteiger charge is 2.24. The van der Waals surface area contributed by atoms with Crippen LogP contribution in [-0.4, -0.2) is 24.1 Å². The molecule has 0 unspecified atom stereocenters. The van der Waals surface area contributed by atoms with Gasteiger partial charge < -0.3 is 4.57 Å². The van der Waals surface area contributed by atoms with Gasteiger partial charge in [-0.15, -0.1) is 0 Å². The van der Waals surface area contributed by atoms with Crippen LogP contribution in [0.15, 0.2) is 237 Å². The van der Waals surface area contributed by atoms with E-state index in [9.17, 15) is 0 Å². The zero-order valence-corrected chi connectivity index (χ0v) is 36.8. The van der Waals surface area contributed by atoms with Crippen LogP contribution in [0, 0.1) is 0 Å². The molecule has 0 bridgehead atoms. The average molecular weight is 866 g/mol. The molecule has 316 valence electrons. The first-order valence-corrected chi connectivity index (χ1v) is 23.1. The largest absolute Gasteiger partial charge is 0.309 e. The summed E-state index contributed by atoms with van der Waals surface area (Å²) >= 11 is 0. The summed E-state index contributed by atoms with van der Waals surface area (Å²) in [5.41, 5.74) is 11.7. The lowest BCUT2D eigenvalue weighted by Gasteiger charge is -2.14. The molecule has 5 heteroatoms. The fourth-order valence-corrected chi connectivity index (χ4v) is 10.7. The molecule has 0 radical (unpaired) electrons. The van der Waals surface area contributed by atoms with Crippen molar-refractivity contribution < 1.29 is 0 Å². The second-order valence-corrected chi connectivity index (χ2v) is 17.6. The van der Waals surface area contributed by atoms with E-state index >= 15 is 0 Å². The predicted molar refractivity (Wildman–Crippen MR) is 283 cm³/mol. The van der Waals surface area contributed by atoms with Crippen LogP contribution in [0.3, 0.4) is 0 Å². The molecule has 5 nitrogen and oxygen atoms in total. The van der Waals surface area contributed by atoms with Crippen LogP contribution in [0.1, 0.15) is 0 Å². The molecule has 0 atom stereocenters. The molecule has 0 aliphatic rings. The zero-order chi connectivity index (χ0) is 44.7. The van der Waals surface area contributed by atoms with E-state index in [1.165, 1.54) is 43.1 Å². The van der Waals surface area contributed by atoms with E-state index in [1.54, 1.807) is 0 Å². The van der Waals surface area contributed by atoms with Crippen molar-refractivity contribution in [3.05, 3.63) is 237 Å². The Morgan fingerprint density at radius 2 is 0.691 bits per heavy atom. The van der Waals surface area contributed by atoms with Crippen molar-refractivity contribution in [2.45, 2.75) is 0 Å². The quantitative estimate of drug-likeness (QED) is 0.156. The van der Waals surface area contributed by atoms with Crippen molar-refractivity contribution in [3.8, 4) is 56.7 Å². The maximum atomic E-state index is 5.41. The second kappa shape index (κ2) is 15.2. The summed E-state index contributed by atoms with van der Waals surface area (Å²) in [6, 6.07) is 84.6. The van der Waals surface area contributed by atoms with Gasteiger partial charge in [0.05, 0.1) is 22.1 Å². The maximum absolute atomic E-state index is 5.41. The number of rotatable bonds is 6. The zero-order valence-electron chi connectivity index (χ0n) is 36.8. The number of hydrogen-bond acceptors (Lipinski definition) is 3. The van der Waals surface area contributed by atoms with Crippen LogP contribution >= 0.6 is 0 Å². The fraction of sp³-hybridized carbons (Fsp3) is 0. The molecule has 0 amide bonds. The molecule has 14 aromatic rings. The van der Waals surface area contributed by atoms with Crippen LogP contribution < -0.4 is 0 Å². The summed E-state index contributed by atoms with van der Waals surface area (Å²) in [4.78, 5) is 16.1. The van der Waals surface area contributed by atoms with E-state index in [2.05, 4.69) is 234 Å². The van der Waals surface area contributed by atoms with Gasteiger partial charge in [0.1, 0.15) is 0 Å². The molecule has 0 fully saturated rings. The Balaban J connectivity index is 1.05. The second-order valence-electron chi connectivity index (χ2n) is 17.6. The summed E-state index contributed by atoms with van der Waals surface area (Å²) in [6.45, 7) is 0. The molecular weight excluding hydrogens is 827 g/mol. The van der Waals surface area contributed by atoms with Crippen molar-refractivity contribution in [2.24, 2.45) is 0 Å². The van der Waals surface area contributed by atoms with Gasteiger partial charge in [-0.05, 0) is 97.0 Å². The van der Waals surface area contributed by atoms with Crippen molar-refractivity contribution in [2.75, 3.05) is 0 Å². The number of hydrogen-bond donors (Lipinski definition) is 0. The molecule has 0 N–H and O–H groups in total. The van der Waals surface area contributed by atoms with Gasteiger partial charge in [0.25, 0.3) is 0 Å². The first kappa shape index (κ1) is 38.1. The van der Waals surface area contributed by atoms with Gasteiger partial charge in [0, 0.05) is 38.4 Å². The van der Waals surface area contributed by atoms with E-state index in [0.717, 1.165) is 71.9 Å². The molecule has 0 aliphatic carbocycles. The van der Waals surface area contributed by atoms with Crippen molar-refractivity contribution in [1.82, 2.24) is 24.1 Å². The maximum Gasteiger partial charge on any atom is 0.238 e. The van der Waals surface area contributed by atoms with Gasteiger partial charge in [0.15, 0.2) is 11.6 Å². The van der Waals surface area contributed by atoms with Crippen LogP contribution in [-0.2, 0) is 0 Å². The third kappa shape index (κ3) is 5.93. The van der Waals surface area contributed by atoms with Crippen LogP contribution in [0.25, 0.3) is 133 Å². The normalized spacial score (nSPS) is 11.8. The Bertz CT molecular complexity index is 4180. The van der Waals surface area contributed by atoms with Crippen LogP contribution in [0.2, 0.25) is 0 Å². The third-order valence-corrected chi connectivity index (χ3v) is 13.7. The molecule has 3 heterocycles. The smallest absolute Gasteiger partial charge is 0.238 e. The van der Waals surface area contributed by atoms with Gasteiger partial charge in [-0.1, -0.05) is 194 Å². The van der Waals surface area contributed by atoms with Gasteiger partial charge in [0.2, 0.25) is 5.95 Å². The van der Waals surface area contributed by atoms with E-state index in [4.69, 9.17) is 15.0 Å². The summed E-state index contributed by atoms with van der Waals surface area (Å²) < 4.78 is 4.71. The van der Waals surface area contributed by atoms with E-state index in [1.807, 2.05) is 12.1 Å². The number of aromatic nitrogens is 5. The Hall–Kier alpha value is -9.19. The predicted octanol–water partition coefficient (Wildman–Crippen LogP) is 16.2. The fourth-order valence-electron chi connectivity index (χ4n) is 10.7. The van der Waals surface area contributed by atoms with E-state index < -0.39 is 0 Å². The minimum Gasteiger partial charge on any atom is -0.309 e. The van der Waals surface area contributed by atoms with Gasteiger partial charge in [-0.25, -0.2) is 4.98 Å². The first-order chi connectivity index (χ1) is 33.7. The number of nitrogens with zero attached hydrogens (tertiary/aromatic N) is 5. The summed E-state index contributed by atoms with van der Waals surface area (Å²) in [6.07, 6.45) is 0. The first-order valence-electron chi connectivity index (χ1n) is 23.1. The van der Waals surface area contributed by atoms with E-state index in [-0.39, 0.29) is 0 Å². The Morgan fingerprint density at radius 1 is 0.250 bits per heavy atom. The van der Waals surface area contributed by atoms with Crippen LogP contribution in [0.5, 0.6) is 0 Å². The van der Waals surface area contributed by atoms with E-state index in [0.29, 0.717) is 17.6 Å². The topological polar surface area (TPSA) is 48.5 Å². The lowest BCUT2D eigenvalue weighted by Crippen LogP contribution is -2.06. The van der Waals surface area contributed by atoms with Crippen molar-refractivity contribution in [1.29, 1.82) is 0 Å². The lowest BCUT2D eigenvalue weighted by atomic mass is 9.94. The molecule has 14 rings (SSSR count). The summed E-state index contributed by atoms with van der Waals surface area (Å²) in [5, 5.41) is 12.2. The summed E-state index contributed by atoms with van der Waals surface area (Å²) in [7, 11) is 0. The number of para-hydroxylation sites is 2. The highest BCUT2D eigenvalue weighted by molar-refractivity contribution is 6.28. The Labute approximate surface area is 391 Å². The van der Waals surface area contributed by atoms with Gasteiger partial charge >= 0.3 is 0 Å². The molecule has 0 saturated heterocycles. The van der Waals surface area contributed by atoms with Gasteiger partial charge in [-0.2, -0.15) is 9.97 Å². The third-order valence-electron chi connectivity index (χ3n) is 13.7. The average Bonchev–Trinajstić information content (AvgIpc) is 3.94. The molecular formula is C63H39N5. The Morgan fingerprint density at radius 3 is 1.28 bits per heavy atom. The van der Waals surface area contributed by atoms with Crippen molar-refractivity contribution >= 4 is 75.9 Å². The van der Waals surface area contributed by atoms with Crippen molar-refractivity contribution in [3.63, 3.8) is 0 Å². The monoisotopic (exact) mass is 865 g/mol.